The fraction of sp³-hybridized carbons (Fsp3) is 0.259. The van der Waals surface area contributed by atoms with Crippen LogP contribution in [0.3, 0.4) is 0 Å². The number of amides is 3. The predicted molar refractivity (Wildman–Crippen MR) is 126 cm³/mol. The molecule has 0 atom stereocenters. The minimum atomic E-state index is -0.984. The molecule has 5 heteroatoms. The maximum Gasteiger partial charge on any atom is 0.332 e. The number of carbonyl (C=O) groups is 2. The van der Waals surface area contributed by atoms with Crippen molar-refractivity contribution in [2.75, 3.05) is 4.90 Å². The Balaban J connectivity index is 1.68. The summed E-state index contributed by atoms with van der Waals surface area (Å²) in [6.45, 7) is 9.81. The Hall–Kier alpha value is -3.60. The largest absolute Gasteiger partial charge is 0.457 e. The third-order valence-corrected chi connectivity index (χ3v) is 6.15. The molecule has 5 nitrogen and oxygen atoms in total. The van der Waals surface area contributed by atoms with Crippen molar-refractivity contribution in [3.8, 4) is 11.5 Å². The number of hydrogen-bond donors (Lipinski definition) is 0. The maximum atomic E-state index is 13.5. The zero-order chi connectivity index (χ0) is 23.0. The van der Waals surface area contributed by atoms with Crippen LogP contribution in [0.15, 0.2) is 66.7 Å². The lowest BCUT2D eigenvalue weighted by Gasteiger charge is -2.28. The first kappa shape index (κ1) is 21.6. The normalized spacial score (nSPS) is 15.4. The van der Waals surface area contributed by atoms with Crippen LogP contribution in [0.4, 0.5) is 10.5 Å². The number of anilines is 1. The highest BCUT2D eigenvalue weighted by Crippen LogP contribution is 2.37. The average Bonchev–Trinajstić information content (AvgIpc) is 2.92. The van der Waals surface area contributed by atoms with Gasteiger partial charge in [-0.25, -0.2) is 9.69 Å². The molecule has 4 rings (SSSR count). The highest BCUT2D eigenvalue weighted by Gasteiger charge is 2.52. The Labute approximate surface area is 189 Å². The van der Waals surface area contributed by atoms with Crippen LogP contribution in [0.2, 0.25) is 0 Å². The number of rotatable bonds is 5. The molecule has 164 valence electrons. The van der Waals surface area contributed by atoms with Gasteiger partial charge in [-0.15, -0.1) is 0 Å². The van der Waals surface area contributed by atoms with Gasteiger partial charge in [-0.1, -0.05) is 42.5 Å². The van der Waals surface area contributed by atoms with E-state index in [0.29, 0.717) is 11.4 Å². The molecule has 3 amide bonds. The molecule has 0 saturated carbocycles. The molecule has 0 bridgehead atoms. The van der Waals surface area contributed by atoms with Crippen LogP contribution in [-0.4, -0.2) is 22.4 Å². The van der Waals surface area contributed by atoms with Crippen LogP contribution in [0.1, 0.15) is 36.1 Å². The Morgan fingerprint density at radius 1 is 0.812 bits per heavy atom. The zero-order valence-corrected chi connectivity index (χ0v) is 19.2. The van der Waals surface area contributed by atoms with E-state index in [1.807, 2.05) is 87.5 Å². The molecule has 3 aromatic rings. The van der Waals surface area contributed by atoms with Gasteiger partial charge >= 0.3 is 6.03 Å². The molecule has 1 aliphatic heterocycles. The van der Waals surface area contributed by atoms with Gasteiger partial charge in [0, 0.05) is 5.56 Å². The topological polar surface area (TPSA) is 49.9 Å². The van der Waals surface area contributed by atoms with E-state index in [-0.39, 0.29) is 18.5 Å². The second-order valence-electron chi connectivity index (χ2n) is 8.81. The van der Waals surface area contributed by atoms with Gasteiger partial charge in [-0.3, -0.25) is 4.79 Å². The number of nitrogens with zero attached hydrogens (tertiary/aromatic N) is 2. The van der Waals surface area contributed by atoms with Crippen molar-refractivity contribution in [3.63, 3.8) is 0 Å². The summed E-state index contributed by atoms with van der Waals surface area (Å²) in [6.07, 6.45) is 0. The molecular weight excluding hydrogens is 400 g/mol. The minimum Gasteiger partial charge on any atom is -0.457 e. The predicted octanol–water partition coefficient (Wildman–Crippen LogP) is 6.15. The number of hydrogen-bond acceptors (Lipinski definition) is 3. The fourth-order valence-electron chi connectivity index (χ4n) is 4.02. The van der Waals surface area contributed by atoms with Crippen molar-refractivity contribution < 1.29 is 14.3 Å². The van der Waals surface area contributed by atoms with Gasteiger partial charge in [0.15, 0.2) is 0 Å². The maximum absolute atomic E-state index is 13.5. The highest BCUT2D eigenvalue weighted by molar-refractivity contribution is 6.23. The standard InChI is InChI=1S/C27H28N2O3/c1-18-15-20(3)23(16-19(18)2)29-25(30)27(4,5)28(26(29)31)17-21-11-9-10-14-24(21)32-22-12-7-6-8-13-22/h6-16H,17H2,1-5H3. The average molecular weight is 429 g/mol. The molecule has 0 aliphatic carbocycles. The van der Waals surface area contributed by atoms with Crippen molar-refractivity contribution in [1.29, 1.82) is 0 Å². The first-order chi connectivity index (χ1) is 15.2. The van der Waals surface area contributed by atoms with Crippen LogP contribution < -0.4 is 9.64 Å². The van der Waals surface area contributed by atoms with Gasteiger partial charge in [0.05, 0.1) is 12.2 Å². The minimum absolute atomic E-state index is 0.227. The first-order valence-electron chi connectivity index (χ1n) is 10.7. The summed E-state index contributed by atoms with van der Waals surface area (Å²) in [4.78, 5) is 29.9. The van der Waals surface area contributed by atoms with Crippen molar-refractivity contribution in [2.45, 2.75) is 46.7 Å². The van der Waals surface area contributed by atoms with E-state index in [1.165, 1.54) is 4.90 Å². The number of carbonyl (C=O) groups excluding carboxylic acids is 2. The van der Waals surface area contributed by atoms with Crippen molar-refractivity contribution in [3.05, 3.63) is 89.0 Å². The molecule has 0 unspecified atom stereocenters. The summed E-state index contributed by atoms with van der Waals surface area (Å²) in [5, 5.41) is 0. The first-order valence-corrected chi connectivity index (χ1v) is 10.7. The van der Waals surface area contributed by atoms with Gasteiger partial charge < -0.3 is 9.64 Å². The van der Waals surface area contributed by atoms with Crippen LogP contribution in [-0.2, 0) is 11.3 Å². The Morgan fingerprint density at radius 2 is 1.44 bits per heavy atom. The fourth-order valence-corrected chi connectivity index (χ4v) is 4.02. The van der Waals surface area contributed by atoms with Gasteiger partial charge in [-0.05, 0) is 75.6 Å². The third-order valence-electron chi connectivity index (χ3n) is 6.15. The van der Waals surface area contributed by atoms with Crippen LogP contribution in [0.5, 0.6) is 11.5 Å². The van der Waals surface area contributed by atoms with E-state index in [2.05, 4.69) is 0 Å². The van der Waals surface area contributed by atoms with Gasteiger partial charge in [0.25, 0.3) is 5.91 Å². The second-order valence-corrected chi connectivity index (χ2v) is 8.81. The number of para-hydroxylation sites is 2. The monoisotopic (exact) mass is 428 g/mol. The van der Waals surface area contributed by atoms with Crippen molar-refractivity contribution >= 4 is 17.6 Å². The van der Waals surface area contributed by atoms with E-state index < -0.39 is 5.54 Å². The Kier molecular flexibility index (Phi) is 5.51. The highest BCUT2D eigenvalue weighted by atomic mass is 16.5. The van der Waals surface area contributed by atoms with Crippen LogP contribution >= 0.6 is 0 Å². The smallest absolute Gasteiger partial charge is 0.332 e. The summed E-state index contributed by atoms with van der Waals surface area (Å²) < 4.78 is 6.07. The summed E-state index contributed by atoms with van der Waals surface area (Å²) in [5.41, 5.74) is 3.58. The number of aryl methyl sites for hydroxylation is 3. The SMILES string of the molecule is Cc1cc(C)c(N2C(=O)N(Cc3ccccc3Oc3ccccc3)C(C)(C)C2=O)cc1C. The van der Waals surface area contributed by atoms with Gasteiger partial charge in [0.2, 0.25) is 0 Å². The lowest BCUT2D eigenvalue weighted by Crippen LogP contribution is -2.43. The zero-order valence-electron chi connectivity index (χ0n) is 19.2. The molecule has 1 heterocycles. The van der Waals surface area contributed by atoms with Crippen LogP contribution in [0, 0.1) is 20.8 Å². The summed E-state index contributed by atoms with van der Waals surface area (Å²) in [5.74, 6) is 1.15. The van der Waals surface area contributed by atoms with E-state index in [1.54, 1.807) is 18.7 Å². The number of ether oxygens (including phenoxy) is 1. The Morgan fingerprint density at radius 3 is 2.16 bits per heavy atom. The number of imide groups is 1. The van der Waals surface area contributed by atoms with E-state index >= 15 is 0 Å². The third kappa shape index (κ3) is 3.75. The number of benzene rings is 3. The van der Waals surface area contributed by atoms with Gasteiger partial charge in [-0.2, -0.15) is 0 Å². The molecule has 32 heavy (non-hydrogen) atoms. The molecule has 0 N–H and O–H groups in total. The van der Waals surface area contributed by atoms with Crippen LogP contribution in [0.25, 0.3) is 0 Å². The molecule has 0 aromatic heterocycles. The van der Waals surface area contributed by atoms with E-state index in [0.717, 1.165) is 28.0 Å². The van der Waals surface area contributed by atoms with Gasteiger partial charge in [0.1, 0.15) is 17.0 Å². The second kappa shape index (κ2) is 8.15. The van der Waals surface area contributed by atoms with Crippen molar-refractivity contribution in [2.24, 2.45) is 0 Å². The molecule has 3 aromatic carbocycles. The molecule has 1 aliphatic rings. The molecule has 1 saturated heterocycles. The van der Waals surface area contributed by atoms with E-state index in [4.69, 9.17) is 4.74 Å². The molecule has 0 radical (unpaired) electrons. The molecular formula is C27H28N2O3. The quantitative estimate of drug-likeness (QED) is 0.458. The van der Waals surface area contributed by atoms with Crippen molar-refractivity contribution in [1.82, 2.24) is 4.90 Å². The Bertz CT molecular complexity index is 1180. The summed E-state index contributed by atoms with van der Waals surface area (Å²) in [7, 11) is 0. The molecule has 1 fully saturated rings. The molecule has 0 spiro atoms. The number of urea groups is 1. The summed E-state index contributed by atoms with van der Waals surface area (Å²) in [6, 6.07) is 20.8. The lowest BCUT2D eigenvalue weighted by atomic mass is 10.0. The summed E-state index contributed by atoms with van der Waals surface area (Å²) >= 11 is 0. The van der Waals surface area contributed by atoms with E-state index in [9.17, 15) is 9.59 Å². The lowest BCUT2D eigenvalue weighted by molar-refractivity contribution is -0.123.